The average molecular weight is 917 g/mol. The van der Waals surface area contributed by atoms with Crippen LogP contribution < -0.4 is 25.7 Å². The molecule has 2 nitrogen and oxygen atoms in total. The van der Waals surface area contributed by atoms with E-state index in [2.05, 4.69) is 199 Å². The summed E-state index contributed by atoms with van der Waals surface area (Å²) in [5, 5.41) is 4.31. The number of nitrogens with zero attached hydrogens (tertiary/aromatic N) is 2. The number of para-hydroxylation sites is 2. The molecule has 0 atom stereocenters. The largest absolute Gasteiger partial charge is 0.102 e. The number of hydrogen-bond acceptors (Lipinski definition) is 2. The Balaban J connectivity index is 0.000000188. The zero-order chi connectivity index (χ0) is 41.6. The summed E-state index contributed by atoms with van der Waals surface area (Å²) in [6, 6.07) is 56.1. The Hall–Kier alpha value is -3.58. The van der Waals surface area contributed by atoms with E-state index in [1.54, 1.807) is 0 Å². The molecule has 1 aliphatic heterocycles. The van der Waals surface area contributed by atoms with Gasteiger partial charge >= 0.3 is 73.4 Å². The minimum atomic E-state index is -1.61. The van der Waals surface area contributed by atoms with Gasteiger partial charge in [0.15, 0.2) is 0 Å². The fourth-order valence-electron chi connectivity index (χ4n) is 7.45. The molecule has 1 heterocycles. The van der Waals surface area contributed by atoms with Gasteiger partial charge in [-0.3, -0.25) is 0 Å². The number of rotatable bonds is 10. The molecule has 0 aromatic heterocycles. The topological polar surface area (TPSA) is 6.48 Å². The van der Waals surface area contributed by atoms with Gasteiger partial charge in [0, 0.05) is 24.5 Å². The van der Waals surface area contributed by atoms with Crippen molar-refractivity contribution in [3.8, 4) is 0 Å². The molecule has 0 amide bonds. The first-order chi connectivity index (χ1) is 28.0. The van der Waals surface area contributed by atoms with Crippen molar-refractivity contribution in [2.45, 2.75) is 79.1 Å². The minimum absolute atomic E-state index is 0.514. The van der Waals surface area contributed by atoms with Crippen LogP contribution in [0.3, 0.4) is 0 Å². The van der Waals surface area contributed by atoms with Gasteiger partial charge in [-0.15, -0.1) is 0 Å². The second-order valence-electron chi connectivity index (χ2n) is 15.9. The molecular formula is C52H61Cl2N2PRu. The van der Waals surface area contributed by atoms with Crippen molar-refractivity contribution in [1.29, 1.82) is 0 Å². The van der Waals surface area contributed by atoms with E-state index >= 15 is 0 Å². The first kappa shape index (κ1) is 45.5. The number of benzene rings is 6. The second-order valence-corrected chi connectivity index (χ2v) is 24.1. The first-order valence-electron chi connectivity index (χ1n) is 20.5. The Morgan fingerprint density at radius 1 is 0.448 bits per heavy atom. The van der Waals surface area contributed by atoms with Gasteiger partial charge in [-0.1, -0.05) is 146 Å². The molecule has 0 unspecified atom stereocenters. The van der Waals surface area contributed by atoms with Crippen LogP contribution in [-0.2, 0) is 13.5 Å². The maximum atomic E-state index is 5.67. The van der Waals surface area contributed by atoms with Crippen LogP contribution in [0.4, 0.5) is 11.4 Å². The van der Waals surface area contributed by atoms with Gasteiger partial charge in [0.25, 0.3) is 0 Å². The van der Waals surface area contributed by atoms with Crippen molar-refractivity contribution in [3.05, 3.63) is 192 Å². The minimum Gasteiger partial charge on any atom is -0.0620 e. The molecule has 6 aromatic rings. The first-order valence-corrected chi connectivity index (χ1v) is 27.5. The fraction of sp³-hybridized carbons (Fsp3) is 0.269. The summed E-state index contributed by atoms with van der Waals surface area (Å²) < 4.78 is 1.92. The van der Waals surface area contributed by atoms with E-state index in [-0.39, 0.29) is 0 Å². The number of halogens is 2. The van der Waals surface area contributed by atoms with Crippen LogP contribution in [0.5, 0.6) is 0 Å². The molecular weight excluding hydrogens is 856 g/mol. The van der Waals surface area contributed by atoms with E-state index in [0.717, 1.165) is 18.7 Å². The molecule has 0 N–H and O–H groups in total. The molecule has 1 fully saturated rings. The van der Waals surface area contributed by atoms with E-state index in [9.17, 15) is 0 Å². The zero-order valence-electron chi connectivity index (χ0n) is 35.4. The summed E-state index contributed by atoms with van der Waals surface area (Å²) in [4.78, 5) is 5.01. The predicted octanol–water partition coefficient (Wildman–Crippen LogP) is 13.6. The Bertz CT molecular complexity index is 1940. The Morgan fingerprint density at radius 3 is 1.02 bits per heavy atom. The molecule has 1 saturated heterocycles. The van der Waals surface area contributed by atoms with Crippen molar-refractivity contribution in [3.63, 3.8) is 0 Å². The van der Waals surface area contributed by atoms with Crippen molar-refractivity contribution < 1.29 is 13.5 Å². The molecule has 1 aliphatic rings. The summed E-state index contributed by atoms with van der Waals surface area (Å²) in [7, 11) is 10.5. The standard InChI is InChI=1S/C27H39N2.C18H15P.C7H6.2ClH.Ru/c1-18(2)22-11-9-12-23(19(3)4)26(22)28-15-16-29(17-28)27-24(20(5)6)13-10-14-25(27)21(7)8;1-4-10-16(11-5-1)19(17-12-6-2-7-13-17)18-14-8-3-9-15-18;1-7-5-3-2-4-6-7;;;/h9-14,17-21H,15-16H2,1-8H3;1-15H;1-6H;2*1H;/q-1;;;;;+2/p-1. The van der Waals surface area contributed by atoms with Crippen LogP contribution >= 0.6 is 27.3 Å². The van der Waals surface area contributed by atoms with Gasteiger partial charge in [0.1, 0.15) is 15.9 Å². The summed E-state index contributed by atoms with van der Waals surface area (Å²) in [5.74, 6) is 2.06. The van der Waals surface area contributed by atoms with Crippen LogP contribution in [0.15, 0.2) is 158 Å². The van der Waals surface area contributed by atoms with Crippen LogP contribution in [0.25, 0.3) is 0 Å². The normalized spacial score (nSPS) is 12.8. The summed E-state index contributed by atoms with van der Waals surface area (Å²) in [5.41, 5.74) is 9.78. The van der Waals surface area contributed by atoms with Crippen LogP contribution in [-0.4, -0.2) is 17.7 Å². The van der Waals surface area contributed by atoms with Crippen LogP contribution in [0.1, 0.15) is 107 Å². The molecule has 6 aromatic carbocycles. The van der Waals surface area contributed by atoms with E-state index < -0.39 is 21.4 Å². The zero-order valence-corrected chi connectivity index (χ0v) is 39.6. The molecule has 306 valence electrons. The molecule has 0 spiro atoms. The SMILES string of the molecule is CC(C)c1cccc(C(C)C)c1N1[CH-]N(c2c(C(C)C)cccc2C(C)C)CC1.[Cl][Ru]([Cl])=[CH]c1ccccc1.c1ccc([PH+](c2ccccc2)c2ccccc2)cc1. The third kappa shape index (κ3) is 12.5. The van der Waals surface area contributed by atoms with Gasteiger partial charge in [-0.2, -0.15) is 6.67 Å². The molecule has 0 saturated carbocycles. The smallest absolute Gasteiger partial charge is 0.0620 e. The monoisotopic (exact) mass is 916 g/mol. The second kappa shape index (κ2) is 22.7. The molecule has 58 heavy (non-hydrogen) atoms. The van der Waals surface area contributed by atoms with Crippen molar-refractivity contribution in [2.75, 3.05) is 22.9 Å². The molecule has 0 aliphatic carbocycles. The summed E-state index contributed by atoms with van der Waals surface area (Å²) in [6.07, 6.45) is 0. The van der Waals surface area contributed by atoms with Gasteiger partial charge in [0.05, 0.1) is 7.92 Å². The van der Waals surface area contributed by atoms with Gasteiger partial charge in [-0.05, 0) is 82.3 Å². The number of anilines is 2. The van der Waals surface area contributed by atoms with Crippen LogP contribution in [0.2, 0.25) is 0 Å². The van der Waals surface area contributed by atoms with Gasteiger partial charge < -0.3 is 9.80 Å². The van der Waals surface area contributed by atoms with Crippen molar-refractivity contribution >= 4 is 59.2 Å². The Kier molecular flexibility index (Phi) is 17.8. The third-order valence-electron chi connectivity index (χ3n) is 10.3. The Labute approximate surface area is 364 Å². The van der Waals surface area contributed by atoms with Gasteiger partial charge in [0.2, 0.25) is 0 Å². The summed E-state index contributed by atoms with van der Waals surface area (Å²) >= 11 is -1.61. The van der Waals surface area contributed by atoms with Crippen molar-refractivity contribution in [1.82, 2.24) is 0 Å². The van der Waals surface area contributed by atoms with E-state index in [0.29, 0.717) is 23.7 Å². The van der Waals surface area contributed by atoms with E-state index in [4.69, 9.17) is 19.4 Å². The maximum Gasteiger partial charge on any atom is 0.102 e. The molecule has 0 radical (unpaired) electrons. The summed E-state index contributed by atoms with van der Waals surface area (Å²) in [6.45, 7) is 22.9. The Morgan fingerprint density at radius 2 is 0.741 bits per heavy atom. The third-order valence-corrected chi connectivity index (χ3v) is 14.9. The fourth-order valence-corrected chi connectivity index (χ4v) is 11.9. The predicted molar refractivity (Wildman–Crippen MR) is 258 cm³/mol. The number of hydrogen-bond donors (Lipinski definition) is 0. The van der Waals surface area contributed by atoms with E-state index in [1.807, 2.05) is 34.9 Å². The maximum absolute atomic E-state index is 5.67. The average Bonchev–Trinajstić information content (AvgIpc) is 3.72. The molecule has 0 bridgehead atoms. The van der Waals surface area contributed by atoms with Crippen molar-refractivity contribution in [2.24, 2.45) is 0 Å². The quantitative estimate of drug-likeness (QED) is 0.0767. The molecule has 6 heteroatoms. The van der Waals surface area contributed by atoms with Crippen LogP contribution in [0, 0.1) is 6.67 Å². The van der Waals surface area contributed by atoms with E-state index in [1.165, 1.54) is 49.5 Å². The van der Waals surface area contributed by atoms with Gasteiger partial charge in [-0.25, -0.2) is 0 Å². The molecule has 7 rings (SSSR count).